The van der Waals surface area contributed by atoms with Crippen LogP contribution in [0.25, 0.3) is 0 Å². The first kappa shape index (κ1) is 10.7. The fourth-order valence-corrected chi connectivity index (χ4v) is 1.02. The molecule has 0 rings (SSSR count). The lowest BCUT2D eigenvalue weighted by Gasteiger charge is -2.12. The van der Waals surface area contributed by atoms with E-state index in [0.29, 0.717) is 6.10 Å². The van der Waals surface area contributed by atoms with Crippen LogP contribution in [0.2, 0.25) is 0 Å². The zero-order valence-electron chi connectivity index (χ0n) is 7.97. The summed E-state index contributed by atoms with van der Waals surface area (Å²) in [5.74, 6) is 0. The van der Waals surface area contributed by atoms with E-state index in [9.17, 15) is 0 Å². The summed E-state index contributed by atoms with van der Waals surface area (Å²) in [6.45, 7) is 7.16. The maximum atomic E-state index is 5.59. The molecule has 1 unspecified atom stereocenters. The van der Waals surface area contributed by atoms with Crippen LogP contribution in [0.1, 0.15) is 40.0 Å². The molecule has 0 fully saturated rings. The topological polar surface area (TPSA) is 9.23 Å². The minimum atomic E-state index is 0.469. The van der Waals surface area contributed by atoms with Crippen molar-refractivity contribution in [2.24, 2.45) is 0 Å². The second-order valence-corrected chi connectivity index (χ2v) is 2.72. The molecule has 1 heteroatoms. The highest BCUT2D eigenvalue weighted by Crippen LogP contribution is 2.05. The first-order chi connectivity index (χ1) is 5.35. The minimum Gasteiger partial charge on any atom is -0.374 e. The van der Waals surface area contributed by atoms with Gasteiger partial charge in [-0.3, -0.25) is 0 Å². The van der Waals surface area contributed by atoms with Crippen molar-refractivity contribution in [1.29, 1.82) is 0 Å². The highest BCUT2D eigenvalue weighted by Gasteiger charge is 2.02. The number of allylic oxidation sites excluding steroid dienone is 1. The molecule has 0 radical (unpaired) electrons. The van der Waals surface area contributed by atoms with Gasteiger partial charge in [-0.25, -0.2) is 0 Å². The van der Waals surface area contributed by atoms with E-state index in [1.807, 2.05) is 13.0 Å². The highest BCUT2D eigenvalue weighted by molar-refractivity contribution is 4.76. The molecule has 1 atom stereocenters. The van der Waals surface area contributed by atoms with Gasteiger partial charge in [0.25, 0.3) is 0 Å². The van der Waals surface area contributed by atoms with E-state index in [4.69, 9.17) is 4.74 Å². The van der Waals surface area contributed by atoms with Crippen LogP contribution in [-0.4, -0.2) is 12.7 Å². The number of hydrogen-bond donors (Lipinski definition) is 0. The van der Waals surface area contributed by atoms with Gasteiger partial charge in [0, 0.05) is 0 Å². The van der Waals surface area contributed by atoms with Crippen molar-refractivity contribution >= 4 is 0 Å². The molecule has 0 saturated heterocycles. The van der Waals surface area contributed by atoms with Crippen molar-refractivity contribution in [2.75, 3.05) is 6.61 Å². The second-order valence-electron chi connectivity index (χ2n) is 2.72. The third-order valence-corrected chi connectivity index (χ3v) is 1.73. The Morgan fingerprint density at radius 3 is 2.55 bits per heavy atom. The zero-order valence-corrected chi connectivity index (χ0v) is 7.97. The lowest BCUT2D eigenvalue weighted by Crippen LogP contribution is -2.10. The maximum absolute atomic E-state index is 5.59. The molecular formula is C10H20O. The quantitative estimate of drug-likeness (QED) is 0.537. The Kier molecular flexibility index (Phi) is 7.59. The van der Waals surface area contributed by atoms with Crippen molar-refractivity contribution in [3.05, 3.63) is 12.2 Å². The van der Waals surface area contributed by atoms with Crippen molar-refractivity contribution < 1.29 is 4.74 Å². The molecule has 0 aromatic rings. The molecule has 1 nitrogen and oxygen atoms in total. The van der Waals surface area contributed by atoms with Crippen LogP contribution in [-0.2, 0) is 4.74 Å². The summed E-state index contributed by atoms with van der Waals surface area (Å²) in [4.78, 5) is 0. The number of hydrogen-bond acceptors (Lipinski definition) is 1. The van der Waals surface area contributed by atoms with Crippen molar-refractivity contribution in [2.45, 2.75) is 46.1 Å². The highest BCUT2D eigenvalue weighted by atomic mass is 16.5. The molecule has 0 spiro atoms. The van der Waals surface area contributed by atoms with Gasteiger partial charge in [-0.2, -0.15) is 0 Å². The van der Waals surface area contributed by atoms with Gasteiger partial charge < -0.3 is 4.74 Å². The van der Waals surface area contributed by atoms with Gasteiger partial charge in [0.1, 0.15) is 0 Å². The summed E-state index contributed by atoms with van der Waals surface area (Å²) in [5, 5.41) is 0. The van der Waals surface area contributed by atoms with Gasteiger partial charge in [0.15, 0.2) is 0 Å². The van der Waals surface area contributed by atoms with E-state index in [-0.39, 0.29) is 0 Å². The van der Waals surface area contributed by atoms with Crippen LogP contribution in [0.5, 0.6) is 0 Å². The molecule has 0 aromatic carbocycles. The zero-order chi connectivity index (χ0) is 8.53. The van der Waals surface area contributed by atoms with Crippen LogP contribution < -0.4 is 0 Å². The van der Waals surface area contributed by atoms with Crippen LogP contribution in [0.15, 0.2) is 12.2 Å². The molecule has 0 saturated carbocycles. The van der Waals surface area contributed by atoms with E-state index in [2.05, 4.69) is 19.9 Å². The second kappa shape index (κ2) is 7.80. The fraction of sp³-hybridized carbons (Fsp3) is 0.800. The summed E-state index contributed by atoms with van der Waals surface area (Å²) in [6, 6.07) is 0. The van der Waals surface area contributed by atoms with Crippen molar-refractivity contribution in [1.82, 2.24) is 0 Å². The third kappa shape index (κ3) is 6.11. The molecule has 0 aromatic heterocycles. The third-order valence-electron chi connectivity index (χ3n) is 1.73. The number of ether oxygens (including phenoxy) is 1. The van der Waals surface area contributed by atoms with E-state index in [0.717, 1.165) is 13.0 Å². The summed E-state index contributed by atoms with van der Waals surface area (Å²) in [5.41, 5.74) is 0. The van der Waals surface area contributed by atoms with Crippen molar-refractivity contribution in [3.63, 3.8) is 0 Å². The molecule has 0 bridgehead atoms. The minimum absolute atomic E-state index is 0.469. The monoisotopic (exact) mass is 156 g/mol. The van der Waals surface area contributed by atoms with Gasteiger partial charge >= 0.3 is 0 Å². The summed E-state index contributed by atoms with van der Waals surface area (Å²) < 4.78 is 5.59. The average Bonchev–Trinajstić information content (AvgIpc) is 2.03. The van der Waals surface area contributed by atoms with E-state index >= 15 is 0 Å². The first-order valence-corrected chi connectivity index (χ1v) is 4.57. The van der Waals surface area contributed by atoms with E-state index in [1.54, 1.807) is 0 Å². The first-order valence-electron chi connectivity index (χ1n) is 4.57. The molecule has 0 aliphatic heterocycles. The average molecular weight is 156 g/mol. The van der Waals surface area contributed by atoms with Crippen LogP contribution in [0, 0.1) is 0 Å². The molecule has 0 aliphatic rings. The van der Waals surface area contributed by atoms with Crippen LogP contribution >= 0.6 is 0 Å². The molecule has 0 heterocycles. The Hall–Kier alpha value is -0.300. The molecule has 0 N–H and O–H groups in total. The lowest BCUT2D eigenvalue weighted by atomic mass is 10.2. The molecule has 0 aliphatic carbocycles. The van der Waals surface area contributed by atoms with Gasteiger partial charge in [0.05, 0.1) is 12.7 Å². The molecule has 11 heavy (non-hydrogen) atoms. The predicted octanol–water partition coefficient (Wildman–Crippen LogP) is 3.16. The summed E-state index contributed by atoms with van der Waals surface area (Å²) in [6.07, 6.45) is 8.08. The Morgan fingerprint density at radius 2 is 2.09 bits per heavy atom. The SMILES string of the molecule is CC=CCOC(CC)CCC. The molecular weight excluding hydrogens is 136 g/mol. The summed E-state index contributed by atoms with van der Waals surface area (Å²) in [7, 11) is 0. The van der Waals surface area contributed by atoms with Crippen molar-refractivity contribution in [3.8, 4) is 0 Å². The Bertz CT molecular complexity index is 97.0. The Labute approximate surface area is 70.4 Å². The normalized spacial score (nSPS) is 14.1. The predicted molar refractivity (Wildman–Crippen MR) is 49.8 cm³/mol. The Balaban J connectivity index is 3.35. The van der Waals surface area contributed by atoms with Gasteiger partial charge in [-0.15, -0.1) is 0 Å². The van der Waals surface area contributed by atoms with E-state index < -0.39 is 0 Å². The van der Waals surface area contributed by atoms with Crippen LogP contribution in [0.3, 0.4) is 0 Å². The molecule has 0 amide bonds. The number of rotatable bonds is 6. The van der Waals surface area contributed by atoms with Gasteiger partial charge in [-0.1, -0.05) is 32.4 Å². The fourth-order valence-electron chi connectivity index (χ4n) is 1.02. The smallest absolute Gasteiger partial charge is 0.0651 e. The van der Waals surface area contributed by atoms with Crippen LogP contribution in [0.4, 0.5) is 0 Å². The summed E-state index contributed by atoms with van der Waals surface area (Å²) >= 11 is 0. The maximum Gasteiger partial charge on any atom is 0.0651 e. The van der Waals surface area contributed by atoms with Gasteiger partial charge in [-0.05, 0) is 19.8 Å². The largest absolute Gasteiger partial charge is 0.374 e. The standard InChI is InChI=1S/C10H20O/c1-4-7-9-11-10(6-3)8-5-2/h4,7,10H,5-6,8-9H2,1-3H3. The molecule has 66 valence electrons. The lowest BCUT2D eigenvalue weighted by molar-refractivity contribution is 0.0645. The Morgan fingerprint density at radius 1 is 1.36 bits per heavy atom. The van der Waals surface area contributed by atoms with Gasteiger partial charge in [0.2, 0.25) is 0 Å². The van der Waals surface area contributed by atoms with E-state index in [1.165, 1.54) is 12.8 Å².